The quantitative estimate of drug-likeness (QED) is 0.782. The van der Waals surface area contributed by atoms with Crippen LogP contribution in [0.2, 0.25) is 0 Å². The van der Waals surface area contributed by atoms with E-state index in [-0.39, 0.29) is 11.9 Å². The fourth-order valence-corrected chi connectivity index (χ4v) is 3.76. The number of rotatable bonds is 7. The van der Waals surface area contributed by atoms with Gasteiger partial charge in [0.2, 0.25) is 0 Å². The SMILES string of the molecule is COc1ccc(OC)c([C@@H]2CCC[NH+]2CC(=O)Nc2ccccc2OC)c1. The summed E-state index contributed by atoms with van der Waals surface area (Å²) in [4.78, 5) is 13.9. The number of benzene rings is 2. The molecule has 2 atom stereocenters. The lowest BCUT2D eigenvalue weighted by molar-refractivity contribution is -0.910. The molecule has 2 aromatic carbocycles. The Bertz CT molecular complexity index is 794. The smallest absolute Gasteiger partial charge is 0.279 e. The Kier molecular flexibility index (Phi) is 6.19. The molecule has 27 heavy (non-hydrogen) atoms. The van der Waals surface area contributed by atoms with Crippen molar-refractivity contribution in [3.63, 3.8) is 0 Å². The molecule has 1 aliphatic rings. The zero-order valence-electron chi connectivity index (χ0n) is 16.1. The molecular formula is C21H27N2O4+. The number of nitrogens with one attached hydrogen (secondary N) is 2. The Labute approximate surface area is 160 Å². The summed E-state index contributed by atoms with van der Waals surface area (Å²) >= 11 is 0. The molecule has 1 fully saturated rings. The molecule has 0 aliphatic carbocycles. The van der Waals surface area contributed by atoms with E-state index in [1.807, 2.05) is 42.5 Å². The maximum Gasteiger partial charge on any atom is 0.279 e. The minimum absolute atomic E-state index is 0.0248. The monoisotopic (exact) mass is 371 g/mol. The third-order valence-electron chi connectivity index (χ3n) is 5.06. The number of para-hydroxylation sites is 2. The summed E-state index contributed by atoms with van der Waals surface area (Å²) in [5.74, 6) is 2.28. The van der Waals surface area contributed by atoms with Crippen LogP contribution in [0.25, 0.3) is 0 Å². The van der Waals surface area contributed by atoms with Crippen molar-refractivity contribution in [3.8, 4) is 17.2 Å². The molecule has 6 heteroatoms. The average Bonchev–Trinajstić information content (AvgIpc) is 3.15. The van der Waals surface area contributed by atoms with Crippen molar-refractivity contribution in [2.24, 2.45) is 0 Å². The molecule has 3 rings (SSSR count). The first-order chi connectivity index (χ1) is 13.2. The number of anilines is 1. The molecule has 6 nitrogen and oxygen atoms in total. The number of amides is 1. The van der Waals surface area contributed by atoms with Crippen LogP contribution in [0.3, 0.4) is 0 Å². The number of hydrogen-bond donors (Lipinski definition) is 2. The average molecular weight is 371 g/mol. The van der Waals surface area contributed by atoms with Crippen molar-refractivity contribution < 1.29 is 23.9 Å². The minimum atomic E-state index is -0.0248. The van der Waals surface area contributed by atoms with Crippen molar-refractivity contribution in [1.29, 1.82) is 0 Å². The number of quaternary nitrogens is 1. The van der Waals surface area contributed by atoms with Gasteiger partial charge in [-0.25, -0.2) is 0 Å². The van der Waals surface area contributed by atoms with Crippen molar-refractivity contribution in [2.45, 2.75) is 18.9 Å². The normalized spacial score (nSPS) is 18.8. The van der Waals surface area contributed by atoms with Crippen LogP contribution in [0.15, 0.2) is 42.5 Å². The summed E-state index contributed by atoms with van der Waals surface area (Å²) in [6.07, 6.45) is 2.09. The molecule has 0 aromatic heterocycles. The fraction of sp³-hybridized carbons (Fsp3) is 0.381. The van der Waals surface area contributed by atoms with Crippen LogP contribution in [0.5, 0.6) is 17.2 Å². The van der Waals surface area contributed by atoms with Crippen LogP contribution >= 0.6 is 0 Å². The van der Waals surface area contributed by atoms with Crippen LogP contribution in [0.1, 0.15) is 24.4 Å². The number of methoxy groups -OCH3 is 3. The van der Waals surface area contributed by atoms with Crippen LogP contribution in [0, 0.1) is 0 Å². The number of carbonyl (C=O) groups is 1. The topological polar surface area (TPSA) is 61.2 Å². The van der Waals surface area contributed by atoms with Gasteiger partial charge in [-0.15, -0.1) is 0 Å². The minimum Gasteiger partial charge on any atom is -0.497 e. The van der Waals surface area contributed by atoms with Crippen LogP contribution < -0.4 is 24.4 Å². The highest BCUT2D eigenvalue weighted by Crippen LogP contribution is 2.31. The number of carbonyl (C=O) groups excluding carboxylic acids is 1. The lowest BCUT2D eigenvalue weighted by atomic mass is 10.0. The summed E-state index contributed by atoms with van der Waals surface area (Å²) in [6.45, 7) is 1.34. The van der Waals surface area contributed by atoms with Gasteiger partial charge in [-0.05, 0) is 30.3 Å². The molecule has 1 saturated heterocycles. The predicted molar refractivity (Wildman–Crippen MR) is 104 cm³/mol. The lowest BCUT2D eigenvalue weighted by Crippen LogP contribution is -3.11. The van der Waals surface area contributed by atoms with E-state index in [9.17, 15) is 4.79 Å². The zero-order chi connectivity index (χ0) is 19.2. The summed E-state index contributed by atoms with van der Waals surface area (Å²) in [5.41, 5.74) is 1.79. The van der Waals surface area contributed by atoms with Gasteiger partial charge in [0, 0.05) is 12.8 Å². The van der Waals surface area contributed by atoms with Crippen molar-refractivity contribution in [2.75, 3.05) is 39.7 Å². The highest BCUT2D eigenvalue weighted by molar-refractivity contribution is 5.92. The van der Waals surface area contributed by atoms with Gasteiger partial charge in [0.15, 0.2) is 6.54 Å². The molecule has 2 N–H and O–H groups in total. The second-order valence-corrected chi connectivity index (χ2v) is 6.64. The number of ether oxygens (including phenoxy) is 3. The molecule has 1 amide bonds. The first kappa shape index (κ1) is 19.0. The van der Waals surface area contributed by atoms with Gasteiger partial charge in [0.05, 0.1) is 39.1 Å². The van der Waals surface area contributed by atoms with Crippen LogP contribution in [-0.4, -0.2) is 40.3 Å². The van der Waals surface area contributed by atoms with Crippen molar-refractivity contribution in [1.82, 2.24) is 0 Å². The highest BCUT2D eigenvalue weighted by atomic mass is 16.5. The molecule has 0 saturated carbocycles. The molecule has 0 bridgehead atoms. The second kappa shape index (κ2) is 8.77. The van der Waals surface area contributed by atoms with Crippen molar-refractivity contribution >= 4 is 11.6 Å². The van der Waals surface area contributed by atoms with E-state index in [1.165, 1.54) is 4.90 Å². The number of likely N-dealkylation sites (tertiary alicyclic amines) is 1. The highest BCUT2D eigenvalue weighted by Gasteiger charge is 2.34. The van der Waals surface area contributed by atoms with Gasteiger partial charge >= 0.3 is 0 Å². The predicted octanol–water partition coefficient (Wildman–Crippen LogP) is 2.07. The molecular weight excluding hydrogens is 344 g/mol. The first-order valence-corrected chi connectivity index (χ1v) is 9.15. The maximum absolute atomic E-state index is 12.6. The molecule has 1 heterocycles. The van der Waals surface area contributed by atoms with E-state index < -0.39 is 0 Å². The fourth-order valence-electron chi connectivity index (χ4n) is 3.76. The second-order valence-electron chi connectivity index (χ2n) is 6.64. The Morgan fingerprint density at radius 3 is 2.59 bits per heavy atom. The summed E-state index contributed by atoms with van der Waals surface area (Å²) in [7, 11) is 4.93. The van der Waals surface area contributed by atoms with Gasteiger partial charge in [-0.1, -0.05) is 12.1 Å². The van der Waals surface area contributed by atoms with E-state index in [4.69, 9.17) is 14.2 Å². The summed E-state index contributed by atoms with van der Waals surface area (Å²) in [6, 6.07) is 13.5. The summed E-state index contributed by atoms with van der Waals surface area (Å²) in [5, 5.41) is 2.97. The van der Waals surface area contributed by atoms with Gasteiger partial charge < -0.3 is 24.4 Å². The van der Waals surface area contributed by atoms with E-state index >= 15 is 0 Å². The van der Waals surface area contributed by atoms with Crippen LogP contribution in [-0.2, 0) is 4.79 Å². The number of hydrogen-bond acceptors (Lipinski definition) is 4. The van der Waals surface area contributed by atoms with E-state index in [0.29, 0.717) is 18.0 Å². The Morgan fingerprint density at radius 2 is 1.85 bits per heavy atom. The molecule has 2 aromatic rings. The van der Waals surface area contributed by atoms with Gasteiger partial charge in [-0.3, -0.25) is 4.79 Å². The van der Waals surface area contributed by atoms with E-state index in [1.54, 1.807) is 21.3 Å². The van der Waals surface area contributed by atoms with Gasteiger partial charge in [-0.2, -0.15) is 0 Å². The molecule has 1 aliphatic heterocycles. The van der Waals surface area contributed by atoms with Gasteiger partial charge in [0.25, 0.3) is 5.91 Å². The molecule has 1 unspecified atom stereocenters. The van der Waals surface area contributed by atoms with Crippen molar-refractivity contribution in [3.05, 3.63) is 48.0 Å². The Balaban J connectivity index is 1.74. The standard InChI is InChI=1S/C21H26N2O4/c1-25-15-10-11-19(26-2)16(13-15)18-8-6-12-23(18)14-21(24)22-17-7-4-5-9-20(17)27-3/h4-5,7,9-11,13,18H,6,8,12,14H2,1-3H3,(H,22,24)/p+1/t18-/m0/s1. The third-order valence-corrected chi connectivity index (χ3v) is 5.06. The maximum atomic E-state index is 12.6. The first-order valence-electron chi connectivity index (χ1n) is 9.15. The third kappa shape index (κ3) is 4.34. The largest absolute Gasteiger partial charge is 0.497 e. The van der Waals surface area contributed by atoms with Gasteiger partial charge in [0.1, 0.15) is 23.3 Å². The Morgan fingerprint density at radius 1 is 1.07 bits per heavy atom. The molecule has 0 radical (unpaired) electrons. The Hall–Kier alpha value is -2.73. The van der Waals surface area contributed by atoms with Crippen LogP contribution in [0.4, 0.5) is 5.69 Å². The molecule has 144 valence electrons. The van der Waals surface area contributed by atoms with E-state index in [0.717, 1.165) is 36.4 Å². The summed E-state index contributed by atoms with van der Waals surface area (Å²) < 4.78 is 16.2. The molecule has 0 spiro atoms. The zero-order valence-corrected chi connectivity index (χ0v) is 16.1. The lowest BCUT2D eigenvalue weighted by Gasteiger charge is -2.23. The van der Waals surface area contributed by atoms with E-state index in [2.05, 4.69) is 5.32 Å².